The fraction of sp³-hybridized carbons (Fsp3) is 0.917. The van der Waals surface area contributed by atoms with Crippen molar-refractivity contribution in [2.24, 2.45) is 5.92 Å². The van der Waals surface area contributed by atoms with Gasteiger partial charge in [0.25, 0.3) is 10.2 Å². The Bertz CT molecular complexity index is 387. The van der Waals surface area contributed by atoms with Gasteiger partial charge in [0, 0.05) is 11.6 Å². The molecule has 0 heterocycles. The fourth-order valence-electron chi connectivity index (χ4n) is 1.61. The van der Waals surface area contributed by atoms with Crippen LogP contribution in [-0.2, 0) is 15.0 Å². The van der Waals surface area contributed by atoms with Crippen LogP contribution in [0.5, 0.6) is 0 Å². The molecule has 0 rings (SSSR count). The maximum Gasteiger partial charge on any atom is 0.306 e. The van der Waals surface area contributed by atoms with E-state index in [1.165, 1.54) is 0 Å². The summed E-state index contributed by atoms with van der Waals surface area (Å²) in [5.74, 6) is -1.21. The molecule has 0 spiro atoms. The molecule has 2 unspecified atom stereocenters. The van der Waals surface area contributed by atoms with Gasteiger partial charge in [0.2, 0.25) is 0 Å². The average molecular weight is 294 g/mol. The highest BCUT2D eigenvalue weighted by Crippen LogP contribution is 2.10. The third-order valence-corrected chi connectivity index (χ3v) is 4.09. The Balaban J connectivity index is 4.11. The molecule has 114 valence electrons. The van der Waals surface area contributed by atoms with Crippen LogP contribution < -0.4 is 9.44 Å². The summed E-state index contributed by atoms with van der Waals surface area (Å²) in [5, 5.41) is 8.74. The monoisotopic (exact) mass is 294 g/mol. The molecular formula is C12H26N2O4S. The highest BCUT2D eigenvalue weighted by atomic mass is 32.2. The second kappa shape index (κ2) is 7.21. The summed E-state index contributed by atoms with van der Waals surface area (Å²) in [6.45, 7) is 8.73. The Morgan fingerprint density at radius 2 is 1.74 bits per heavy atom. The van der Waals surface area contributed by atoms with Gasteiger partial charge in [-0.3, -0.25) is 4.79 Å². The van der Waals surface area contributed by atoms with Crippen LogP contribution in [0.25, 0.3) is 0 Å². The van der Waals surface area contributed by atoms with Crippen molar-refractivity contribution in [3.8, 4) is 0 Å². The molecule has 3 N–H and O–H groups in total. The number of nitrogens with one attached hydrogen (secondary N) is 2. The zero-order valence-electron chi connectivity index (χ0n) is 12.4. The van der Waals surface area contributed by atoms with Crippen molar-refractivity contribution in [1.82, 2.24) is 9.44 Å². The molecule has 0 radical (unpaired) electrons. The van der Waals surface area contributed by atoms with Gasteiger partial charge in [0.05, 0.1) is 5.92 Å². The first kappa shape index (κ1) is 18.3. The minimum atomic E-state index is -3.52. The van der Waals surface area contributed by atoms with Crippen LogP contribution in [0.3, 0.4) is 0 Å². The number of carbonyl (C=O) groups is 1. The topological polar surface area (TPSA) is 95.5 Å². The first-order valence-corrected chi connectivity index (χ1v) is 7.95. The highest BCUT2D eigenvalue weighted by molar-refractivity contribution is 7.87. The van der Waals surface area contributed by atoms with Crippen LogP contribution in [0, 0.1) is 5.92 Å². The SMILES string of the molecule is CC(CCCC(C)C(=O)O)NS(=O)(=O)NC(C)(C)C. The summed E-state index contributed by atoms with van der Waals surface area (Å²) in [6.07, 6.45) is 1.84. The predicted octanol–water partition coefficient (Wildman–Crippen LogP) is 1.49. The summed E-state index contributed by atoms with van der Waals surface area (Å²) < 4.78 is 28.5. The summed E-state index contributed by atoms with van der Waals surface area (Å²) in [4.78, 5) is 10.6. The van der Waals surface area contributed by atoms with E-state index in [1.807, 2.05) is 0 Å². The quantitative estimate of drug-likeness (QED) is 0.632. The highest BCUT2D eigenvalue weighted by Gasteiger charge is 2.21. The third kappa shape index (κ3) is 9.86. The summed E-state index contributed by atoms with van der Waals surface area (Å²) in [5.41, 5.74) is -0.524. The Kier molecular flexibility index (Phi) is 6.96. The molecule has 0 saturated heterocycles. The third-order valence-electron chi connectivity index (χ3n) is 2.49. The van der Waals surface area contributed by atoms with Crippen LogP contribution >= 0.6 is 0 Å². The molecular weight excluding hydrogens is 268 g/mol. The minimum Gasteiger partial charge on any atom is -0.481 e. The predicted molar refractivity (Wildman–Crippen MR) is 75.1 cm³/mol. The van der Waals surface area contributed by atoms with Crippen LogP contribution in [-0.4, -0.2) is 31.1 Å². The summed E-state index contributed by atoms with van der Waals surface area (Å²) in [7, 11) is -3.52. The van der Waals surface area contributed by atoms with E-state index in [-0.39, 0.29) is 6.04 Å². The molecule has 0 fully saturated rings. The molecule has 0 aromatic rings. The number of carboxylic acids is 1. The van der Waals surface area contributed by atoms with Crippen molar-refractivity contribution in [3.05, 3.63) is 0 Å². The lowest BCUT2D eigenvalue weighted by atomic mass is 10.0. The first-order chi connectivity index (χ1) is 8.43. The van der Waals surface area contributed by atoms with E-state index in [0.29, 0.717) is 19.3 Å². The van der Waals surface area contributed by atoms with Crippen molar-refractivity contribution in [2.45, 2.75) is 65.5 Å². The number of carboxylic acid groups (broad SMARTS) is 1. The van der Waals surface area contributed by atoms with Crippen molar-refractivity contribution >= 4 is 16.2 Å². The lowest BCUT2D eigenvalue weighted by molar-refractivity contribution is -0.141. The zero-order valence-corrected chi connectivity index (χ0v) is 13.2. The maximum absolute atomic E-state index is 11.7. The van der Waals surface area contributed by atoms with Gasteiger partial charge in [0.1, 0.15) is 0 Å². The summed E-state index contributed by atoms with van der Waals surface area (Å²) >= 11 is 0. The van der Waals surface area contributed by atoms with Crippen molar-refractivity contribution in [3.63, 3.8) is 0 Å². The van der Waals surface area contributed by atoms with E-state index >= 15 is 0 Å². The van der Waals surface area contributed by atoms with Crippen molar-refractivity contribution in [2.75, 3.05) is 0 Å². The molecule has 0 amide bonds. The van der Waals surface area contributed by atoms with Crippen molar-refractivity contribution < 1.29 is 18.3 Å². The van der Waals surface area contributed by atoms with Gasteiger partial charge < -0.3 is 5.11 Å². The molecule has 0 aliphatic carbocycles. The molecule has 0 aromatic heterocycles. The van der Waals surface area contributed by atoms with Crippen molar-refractivity contribution in [1.29, 1.82) is 0 Å². The van der Waals surface area contributed by atoms with E-state index in [1.54, 1.807) is 34.6 Å². The van der Waals surface area contributed by atoms with E-state index < -0.39 is 27.6 Å². The average Bonchev–Trinajstić information content (AvgIpc) is 2.11. The number of aliphatic carboxylic acids is 1. The van der Waals surface area contributed by atoms with Gasteiger partial charge in [-0.15, -0.1) is 0 Å². The van der Waals surface area contributed by atoms with Gasteiger partial charge in [-0.1, -0.05) is 13.3 Å². The Morgan fingerprint density at radius 3 is 2.16 bits per heavy atom. The molecule has 6 nitrogen and oxygen atoms in total. The standard InChI is InChI=1S/C12H26N2O4S/c1-9(11(15)16)7-6-8-10(2)13-19(17,18)14-12(3,4)5/h9-10,13-14H,6-8H2,1-5H3,(H,15,16). The number of rotatable bonds is 8. The normalized spacial score (nSPS) is 16.1. The van der Waals surface area contributed by atoms with E-state index in [9.17, 15) is 13.2 Å². The Hall–Kier alpha value is -0.660. The largest absolute Gasteiger partial charge is 0.481 e. The lowest BCUT2D eigenvalue weighted by Gasteiger charge is -2.22. The lowest BCUT2D eigenvalue weighted by Crippen LogP contribution is -2.49. The molecule has 0 aliphatic rings. The fourth-order valence-corrected chi connectivity index (χ4v) is 3.12. The van der Waals surface area contributed by atoms with Crippen LogP contribution in [0.15, 0.2) is 0 Å². The number of hydrogen-bond acceptors (Lipinski definition) is 3. The second-order valence-corrected chi connectivity index (χ2v) is 7.49. The van der Waals surface area contributed by atoms with Gasteiger partial charge in [-0.05, 0) is 40.5 Å². The zero-order chi connectivity index (χ0) is 15.3. The molecule has 0 aromatic carbocycles. The van der Waals surface area contributed by atoms with Gasteiger partial charge in [-0.25, -0.2) is 0 Å². The smallest absolute Gasteiger partial charge is 0.306 e. The molecule has 19 heavy (non-hydrogen) atoms. The van der Waals surface area contributed by atoms with Crippen LogP contribution in [0.2, 0.25) is 0 Å². The van der Waals surface area contributed by atoms with Crippen LogP contribution in [0.1, 0.15) is 53.9 Å². The van der Waals surface area contributed by atoms with Gasteiger partial charge in [0.15, 0.2) is 0 Å². The molecule has 0 aliphatic heterocycles. The summed E-state index contributed by atoms with van der Waals surface area (Å²) in [6, 6.07) is -0.221. The van der Waals surface area contributed by atoms with Gasteiger partial charge >= 0.3 is 5.97 Å². The Morgan fingerprint density at radius 1 is 1.21 bits per heavy atom. The van der Waals surface area contributed by atoms with Crippen LogP contribution in [0.4, 0.5) is 0 Å². The molecule has 7 heteroatoms. The van der Waals surface area contributed by atoms with E-state index in [0.717, 1.165) is 0 Å². The first-order valence-electron chi connectivity index (χ1n) is 6.47. The van der Waals surface area contributed by atoms with E-state index in [4.69, 9.17) is 5.11 Å². The molecule has 0 saturated carbocycles. The number of hydrogen-bond donors (Lipinski definition) is 3. The molecule has 0 bridgehead atoms. The minimum absolute atomic E-state index is 0.221. The Labute approximate surface area is 116 Å². The molecule has 2 atom stereocenters. The van der Waals surface area contributed by atoms with Gasteiger partial charge in [-0.2, -0.15) is 17.9 Å². The maximum atomic E-state index is 11.7. The van der Waals surface area contributed by atoms with E-state index in [2.05, 4.69) is 9.44 Å². The second-order valence-electron chi connectivity index (χ2n) is 6.04.